The van der Waals surface area contributed by atoms with Crippen LogP contribution in [0.2, 0.25) is 0 Å². The fraction of sp³-hybridized carbons (Fsp3) is 0.385. The Morgan fingerprint density at radius 1 is 1.00 bits per heavy atom. The van der Waals surface area contributed by atoms with Gasteiger partial charge in [0, 0.05) is 33.3 Å². The monoisotopic (exact) mass is 452 g/mol. The normalized spacial score (nSPS) is 17.8. The number of hydrogen-bond donors (Lipinski definition) is 0. The van der Waals surface area contributed by atoms with E-state index in [-0.39, 0.29) is 0 Å². The van der Waals surface area contributed by atoms with E-state index in [1.807, 2.05) is 36.4 Å². The highest BCUT2D eigenvalue weighted by atomic mass is 32.2. The first-order valence-corrected chi connectivity index (χ1v) is 12.7. The van der Waals surface area contributed by atoms with Gasteiger partial charge in [0.15, 0.2) is 0 Å². The fourth-order valence-electron chi connectivity index (χ4n) is 4.55. The lowest BCUT2D eigenvalue weighted by atomic mass is 9.97. The molecule has 170 valence electrons. The molecule has 4 rings (SSSR count). The maximum atomic E-state index is 13.6. The van der Waals surface area contributed by atoms with Crippen LogP contribution in [0.5, 0.6) is 0 Å². The van der Waals surface area contributed by atoms with Crippen molar-refractivity contribution in [3.05, 3.63) is 78.4 Å². The predicted octanol–water partition coefficient (Wildman–Crippen LogP) is 4.39. The summed E-state index contributed by atoms with van der Waals surface area (Å²) in [5.41, 5.74) is 1.30. The molecule has 1 aliphatic rings. The third-order valence-electron chi connectivity index (χ3n) is 6.22. The quantitative estimate of drug-likeness (QED) is 0.483. The number of hydrogen-bond acceptors (Lipinski definition) is 4. The number of rotatable bonds is 9. The van der Waals surface area contributed by atoms with Crippen molar-refractivity contribution < 1.29 is 13.2 Å². The minimum Gasteiger partial charge on any atom is -0.383 e. The Hall–Kier alpha value is -2.25. The molecule has 3 aromatic rings. The Bertz CT molecular complexity index is 1120. The number of piperidine rings is 1. The van der Waals surface area contributed by atoms with Gasteiger partial charge in [-0.1, -0.05) is 60.7 Å². The number of benzene rings is 3. The lowest BCUT2D eigenvalue weighted by Gasteiger charge is -2.35. The van der Waals surface area contributed by atoms with Gasteiger partial charge in [-0.2, -0.15) is 4.31 Å². The van der Waals surface area contributed by atoms with Crippen LogP contribution in [-0.4, -0.2) is 57.5 Å². The van der Waals surface area contributed by atoms with Gasteiger partial charge in [-0.25, -0.2) is 8.42 Å². The Balaban J connectivity index is 1.50. The Morgan fingerprint density at radius 2 is 1.75 bits per heavy atom. The van der Waals surface area contributed by atoms with Crippen molar-refractivity contribution in [2.24, 2.45) is 5.92 Å². The average Bonchev–Trinajstić information content (AvgIpc) is 2.82. The molecule has 0 unspecified atom stereocenters. The maximum Gasteiger partial charge on any atom is 0.243 e. The number of likely N-dealkylation sites (tertiary alicyclic amines) is 1. The molecule has 3 aromatic carbocycles. The molecule has 32 heavy (non-hydrogen) atoms. The van der Waals surface area contributed by atoms with E-state index in [9.17, 15) is 8.42 Å². The molecule has 1 saturated heterocycles. The van der Waals surface area contributed by atoms with Crippen molar-refractivity contribution in [1.82, 2.24) is 9.21 Å². The van der Waals surface area contributed by atoms with E-state index >= 15 is 0 Å². The fourth-order valence-corrected chi connectivity index (χ4v) is 6.09. The molecule has 1 heterocycles. The summed E-state index contributed by atoms with van der Waals surface area (Å²) in [5, 5.41) is 1.98. The number of sulfonamides is 1. The third kappa shape index (κ3) is 5.56. The van der Waals surface area contributed by atoms with E-state index in [4.69, 9.17) is 4.74 Å². The number of fused-ring (bicyclic) bond motifs is 1. The SMILES string of the molecule is COCCN(C[C@@H]1CCCN(Cc2ccccc2)C1)S(=O)(=O)c1ccc2ccccc2c1. The Labute approximate surface area is 191 Å². The molecular formula is C26H32N2O3S. The van der Waals surface area contributed by atoms with E-state index in [1.165, 1.54) is 5.56 Å². The van der Waals surface area contributed by atoms with Gasteiger partial charge in [-0.3, -0.25) is 4.90 Å². The van der Waals surface area contributed by atoms with Crippen LogP contribution in [0.15, 0.2) is 77.7 Å². The van der Waals surface area contributed by atoms with Crippen molar-refractivity contribution in [3.63, 3.8) is 0 Å². The molecule has 0 radical (unpaired) electrons. The zero-order chi connectivity index (χ0) is 22.4. The van der Waals surface area contributed by atoms with Gasteiger partial charge in [0.05, 0.1) is 11.5 Å². The van der Waals surface area contributed by atoms with Gasteiger partial charge in [0.1, 0.15) is 0 Å². The highest BCUT2D eigenvalue weighted by molar-refractivity contribution is 7.89. The first kappa shape index (κ1) is 22.9. The number of ether oxygens (including phenoxy) is 1. The van der Waals surface area contributed by atoms with Crippen molar-refractivity contribution in [2.75, 3.05) is 39.9 Å². The zero-order valence-electron chi connectivity index (χ0n) is 18.7. The van der Waals surface area contributed by atoms with E-state index in [2.05, 4.69) is 29.2 Å². The molecule has 0 spiro atoms. The second kappa shape index (κ2) is 10.6. The summed E-state index contributed by atoms with van der Waals surface area (Å²) in [6, 6.07) is 23.7. The van der Waals surface area contributed by atoms with Gasteiger partial charge in [-0.15, -0.1) is 0 Å². The van der Waals surface area contributed by atoms with Gasteiger partial charge in [0.2, 0.25) is 10.0 Å². The molecule has 0 aromatic heterocycles. The Morgan fingerprint density at radius 3 is 2.53 bits per heavy atom. The van der Waals surface area contributed by atoms with Gasteiger partial charge < -0.3 is 4.74 Å². The molecule has 0 aliphatic carbocycles. The van der Waals surface area contributed by atoms with Crippen molar-refractivity contribution in [1.29, 1.82) is 0 Å². The minimum atomic E-state index is -3.61. The first-order valence-electron chi connectivity index (χ1n) is 11.3. The third-order valence-corrected chi connectivity index (χ3v) is 8.08. The zero-order valence-corrected chi connectivity index (χ0v) is 19.5. The predicted molar refractivity (Wildman–Crippen MR) is 129 cm³/mol. The molecule has 0 N–H and O–H groups in total. The molecule has 0 amide bonds. The second-order valence-electron chi connectivity index (χ2n) is 8.59. The molecule has 6 heteroatoms. The largest absolute Gasteiger partial charge is 0.383 e. The van der Waals surface area contributed by atoms with Gasteiger partial charge in [0.25, 0.3) is 0 Å². The average molecular weight is 453 g/mol. The molecule has 0 bridgehead atoms. The summed E-state index contributed by atoms with van der Waals surface area (Å²) < 4.78 is 34.0. The molecule has 0 saturated carbocycles. The van der Waals surface area contributed by atoms with Gasteiger partial charge >= 0.3 is 0 Å². The molecule has 1 fully saturated rings. The lowest BCUT2D eigenvalue weighted by Crippen LogP contribution is -2.43. The van der Waals surface area contributed by atoms with E-state index in [0.717, 1.165) is 43.2 Å². The van der Waals surface area contributed by atoms with Crippen LogP contribution in [0, 0.1) is 5.92 Å². The van der Waals surface area contributed by atoms with E-state index < -0.39 is 10.0 Å². The lowest BCUT2D eigenvalue weighted by molar-refractivity contribution is 0.135. The molecule has 5 nitrogen and oxygen atoms in total. The minimum absolute atomic E-state index is 0.305. The van der Waals surface area contributed by atoms with Crippen LogP contribution in [0.25, 0.3) is 10.8 Å². The van der Waals surface area contributed by atoms with E-state index in [1.54, 1.807) is 23.5 Å². The van der Waals surface area contributed by atoms with Crippen LogP contribution in [0.3, 0.4) is 0 Å². The standard InChI is InChI=1S/C26H32N2O3S/c1-31-17-16-28(32(29,30)26-14-13-24-11-5-6-12-25(24)18-26)21-23-10-7-15-27(20-23)19-22-8-3-2-4-9-22/h2-6,8-9,11-14,18,23H,7,10,15-17,19-21H2,1H3/t23-/m1/s1. The summed E-state index contributed by atoms with van der Waals surface area (Å²) in [5.74, 6) is 0.305. The van der Waals surface area contributed by atoms with Crippen molar-refractivity contribution >= 4 is 20.8 Å². The van der Waals surface area contributed by atoms with Crippen molar-refractivity contribution in [3.8, 4) is 0 Å². The van der Waals surface area contributed by atoms with Gasteiger partial charge in [-0.05, 0) is 53.8 Å². The smallest absolute Gasteiger partial charge is 0.243 e. The summed E-state index contributed by atoms with van der Waals surface area (Å²) in [4.78, 5) is 2.80. The number of nitrogens with zero attached hydrogens (tertiary/aromatic N) is 2. The summed E-state index contributed by atoms with van der Waals surface area (Å²) in [6.07, 6.45) is 2.13. The molecular weight excluding hydrogens is 420 g/mol. The Kier molecular flexibility index (Phi) is 7.58. The van der Waals surface area contributed by atoms with Crippen LogP contribution in [0.1, 0.15) is 18.4 Å². The number of methoxy groups -OCH3 is 1. The van der Waals surface area contributed by atoms with E-state index in [0.29, 0.717) is 30.5 Å². The summed E-state index contributed by atoms with van der Waals surface area (Å²) >= 11 is 0. The topological polar surface area (TPSA) is 49.9 Å². The second-order valence-corrected chi connectivity index (χ2v) is 10.5. The molecule has 1 atom stereocenters. The molecule has 1 aliphatic heterocycles. The van der Waals surface area contributed by atoms with Crippen LogP contribution in [0.4, 0.5) is 0 Å². The van der Waals surface area contributed by atoms with Crippen LogP contribution in [-0.2, 0) is 21.3 Å². The highest BCUT2D eigenvalue weighted by Crippen LogP contribution is 2.25. The maximum absolute atomic E-state index is 13.6. The van der Waals surface area contributed by atoms with Crippen molar-refractivity contribution in [2.45, 2.75) is 24.3 Å². The first-order chi connectivity index (χ1) is 15.6. The summed E-state index contributed by atoms with van der Waals surface area (Å²) in [7, 11) is -1.99. The van der Waals surface area contributed by atoms with Crippen LogP contribution >= 0.6 is 0 Å². The van der Waals surface area contributed by atoms with Crippen LogP contribution < -0.4 is 0 Å². The highest BCUT2D eigenvalue weighted by Gasteiger charge is 2.29. The summed E-state index contributed by atoms with van der Waals surface area (Å²) in [6.45, 7) is 4.14.